The van der Waals surface area contributed by atoms with Crippen molar-refractivity contribution >= 4 is 5.97 Å². The third-order valence-corrected chi connectivity index (χ3v) is 4.96. The van der Waals surface area contributed by atoms with Crippen LogP contribution in [-0.2, 0) is 4.79 Å². The summed E-state index contributed by atoms with van der Waals surface area (Å²) >= 11 is 0. The van der Waals surface area contributed by atoms with Crippen molar-refractivity contribution in [1.82, 2.24) is 4.90 Å². The smallest absolute Gasteiger partial charge is 0.320 e. The van der Waals surface area contributed by atoms with Gasteiger partial charge in [-0.1, -0.05) is 41.5 Å². The van der Waals surface area contributed by atoms with Gasteiger partial charge in [0, 0.05) is 6.54 Å². The standard InChI is InChI=1S/C22H27NO3/c1-4-26-19-8-5-7-17(14-19)21(18-12-15(2)11-16(3)13-18)23-10-6-9-20(23)22(24)25/h5,7-8,11-14,20-21H,4,6,9-10H2,1-3H3,(H,24,25). The van der Waals surface area contributed by atoms with Crippen LogP contribution in [0.1, 0.15) is 48.1 Å². The van der Waals surface area contributed by atoms with Crippen molar-refractivity contribution in [2.24, 2.45) is 0 Å². The van der Waals surface area contributed by atoms with Crippen LogP contribution in [-0.4, -0.2) is 35.2 Å². The molecule has 1 heterocycles. The van der Waals surface area contributed by atoms with Crippen LogP contribution in [0, 0.1) is 13.8 Å². The Hall–Kier alpha value is -2.33. The zero-order chi connectivity index (χ0) is 18.7. The van der Waals surface area contributed by atoms with Gasteiger partial charge in [-0.05, 0) is 56.9 Å². The van der Waals surface area contributed by atoms with Crippen LogP contribution in [0.4, 0.5) is 0 Å². The Morgan fingerprint density at radius 2 is 1.92 bits per heavy atom. The van der Waals surface area contributed by atoms with E-state index in [4.69, 9.17) is 4.74 Å². The molecule has 1 saturated heterocycles. The molecule has 3 rings (SSSR count). The van der Waals surface area contributed by atoms with Gasteiger partial charge in [-0.3, -0.25) is 9.69 Å². The Morgan fingerprint density at radius 3 is 2.58 bits per heavy atom. The molecule has 0 radical (unpaired) electrons. The predicted octanol–water partition coefficient (Wildman–Crippen LogP) is 4.34. The fourth-order valence-corrected chi connectivity index (χ4v) is 4.05. The highest BCUT2D eigenvalue weighted by Crippen LogP contribution is 2.36. The molecule has 0 spiro atoms. The highest BCUT2D eigenvalue weighted by atomic mass is 16.5. The molecule has 1 N–H and O–H groups in total. The summed E-state index contributed by atoms with van der Waals surface area (Å²) in [4.78, 5) is 13.9. The largest absolute Gasteiger partial charge is 0.494 e. The lowest BCUT2D eigenvalue weighted by Crippen LogP contribution is -2.39. The third-order valence-electron chi connectivity index (χ3n) is 4.96. The fraction of sp³-hybridized carbons (Fsp3) is 0.409. The Labute approximate surface area is 155 Å². The van der Waals surface area contributed by atoms with Crippen LogP contribution in [0.2, 0.25) is 0 Å². The molecule has 4 heteroatoms. The number of nitrogens with zero attached hydrogens (tertiary/aromatic N) is 1. The lowest BCUT2D eigenvalue weighted by Gasteiger charge is -2.32. The van der Waals surface area contributed by atoms with Crippen molar-refractivity contribution < 1.29 is 14.6 Å². The Balaban J connectivity index is 2.09. The second kappa shape index (κ2) is 7.92. The van der Waals surface area contributed by atoms with E-state index in [2.05, 4.69) is 43.0 Å². The van der Waals surface area contributed by atoms with Gasteiger partial charge in [0.25, 0.3) is 0 Å². The van der Waals surface area contributed by atoms with Crippen molar-refractivity contribution in [3.05, 3.63) is 64.7 Å². The van der Waals surface area contributed by atoms with Gasteiger partial charge in [0.1, 0.15) is 11.8 Å². The number of benzene rings is 2. The summed E-state index contributed by atoms with van der Waals surface area (Å²) in [6, 6.07) is 14.0. The second-order valence-corrected chi connectivity index (χ2v) is 7.06. The lowest BCUT2D eigenvalue weighted by atomic mass is 9.93. The SMILES string of the molecule is CCOc1cccc(C(c2cc(C)cc(C)c2)N2CCCC2C(=O)O)c1. The first-order valence-electron chi connectivity index (χ1n) is 9.29. The summed E-state index contributed by atoms with van der Waals surface area (Å²) < 4.78 is 5.68. The van der Waals surface area contributed by atoms with Gasteiger partial charge >= 0.3 is 5.97 Å². The molecule has 0 aliphatic carbocycles. The predicted molar refractivity (Wildman–Crippen MR) is 103 cm³/mol. The number of likely N-dealkylation sites (tertiary alicyclic amines) is 1. The summed E-state index contributed by atoms with van der Waals surface area (Å²) in [5, 5.41) is 9.71. The van der Waals surface area contributed by atoms with Gasteiger partial charge in [-0.25, -0.2) is 0 Å². The van der Waals surface area contributed by atoms with Crippen molar-refractivity contribution in [2.75, 3.05) is 13.2 Å². The van der Waals surface area contributed by atoms with Crippen LogP contribution in [0.25, 0.3) is 0 Å². The number of carboxylic acid groups (broad SMARTS) is 1. The van der Waals surface area contributed by atoms with Gasteiger partial charge in [0.05, 0.1) is 12.6 Å². The van der Waals surface area contributed by atoms with Crippen LogP contribution in [0.15, 0.2) is 42.5 Å². The molecule has 0 saturated carbocycles. The molecular formula is C22H27NO3. The topological polar surface area (TPSA) is 49.8 Å². The van der Waals surface area contributed by atoms with Crippen LogP contribution >= 0.6 is 0 Å². The molecular weight excluding hydrogens is 326 g/mol. The number of aryl methyl sites for hydroxylation is 2. The first kappa shape index (κ1) is 18.5. The molecule has 2 unspecified atom stereocenters. The molecule has 1 aliphatic heterocycles. The molecule has 26 heavy (non-hydrogen) atoms. The van der Waals surface area contributed by atoms with Gasteiger partial charge < -0.3 is 9.84 Å². The van der Waals surface area contributed by atoms with Crippen LogP contribution in [0.5, 0.6) is 5.75 Å². The molecule has 2 aromatic carbocycles. The minimum atomic E-state index is -0.738. The van der Waals surface area contributed by atoms with Crippen LogP contribution < -0.4 is 4.74 Å². The Kier molecular flexibility index (Phi) is 5.62. The number of hydrogen-bond acceptors (Lipinski definition) is 3. The van der Waals surface area contributed by atoms with Crippen molar-refractivity contribution in [3.63, 3.8) is 0 Å². The molecule has 1 fully saturated rings. The molecule has 0 aromatic heterocycles. The number of carboxylic acids is 1. The number of aliphatic carboxylic acids is 1. The molecule has 1 aliphatic rings. The minimum Gasteiger partial charge on any atom is -0.494 e. The summed E-state index contributed by atoms with van der Waals surface area (Å²) in [6.07, 6.45) is 1.60. The number of hydrogen-bond donors (Lipinski definition) is 1. The van der Waals surface area contributed by atoms with Crippen molar-refractivity contribution in [3.8, 4) is 5.75 Å². The normalized spacial score (nSPS) is 18.7. The maximum atomic E-state index is 11.8. The minimum absolute atomic E-state index is 0.0855. The molecule has 0 bridgehead atoms. The number of carbonyl (C=O) groups is 1. The second-order valence-electron chi connectivity index (χ2n) is 7.06. The van der Waals surface area contributed by atoms with E-state index in [1.807, 2.05) is 25.1 Å². The Bertz CT molecular complexity index is 766. The highest BCUT2D eigenvalue weighted by molar-refractivity contribution is 5.74. The van der Waals surface area contributed by atoms with Crippen molar-refractivity contribution in [1.29, 1.82) is 0 Å². The van der Waals surface area contributed by atoms with E-state index in [1.165, 1.54) is 11.1 Å². The summed E-state index contributed by atoms with van der Waals surface area (Å²) in [5.41, 5.74) is 4.60. The Morgan fingerprint density at radius 1 is 1.19 bits per heavy atom. The molecule has 138 valence electrons. The van der Waals surface area contributed by atoms with E-state index >= 15 is 0 Å². The van der Waals surface area contributed by atoms with Gasteiger partial charge in [0.15, 0.2) is 0 Å². The summed E-state index contributed by atoms with van der Waals surface area (Å²) in [6.45, 7) is 7.54. The first-order chi connectivity index (χ1) is 12.5. The van der Waals surface area contributed by atoms with E-state index in [9.17, 15) is 9.90 Å². The van der Waals surface area contributed by atoms with E-state index < -0.39 is 12.0 Å². The molecule has 2 aromatic rings. The number of ether oxygens (including phenoxy) is 1. The fourth-order valence-electron chi connectivity index (χ4n) is 4.05. The first-order valence-corrected chi connectivity index (χ1v) is 9.29. The number of rotatable bonds is 6. The van der Waals surface area contributed by atoms with E-state index in [-0.39, 0.29) is 6.04 Å². The quantitative estimate of drug-likeness (QED) is 0.839. The molecule has 0 amide bonds. The van der Waals surface area contributed by atoms with Gasteiger partial charge in [-0.15, -0.1) is 0 Å². The zero-order valence-electron chi connectivity index (χ0n) is 15.7. The van der Waals surface area contributed by atoms with E-state index in [1.54, 1.807) is 0 Å². The van der Waals surface area contributed by atoms with Crippen molar-refractivity contribution in [2.45, 2.75) is 45.7 Å². The highest BCUT2D eigenvalue weighted by Gasteiger charge is 2.37. The zero-order valence-corrected chi connectivity index (χ0v) is 15.7. The van der Waals surface area contributed by atoms with Gasteiger partial charge in [0.2, 0.25) is 0 Å². The summed E-state index contributed by atoms with van der Waals surface area (Å²) in [5.74, 6) is 0.0864. The average molecular weight is 353 g/mol. The monoisotopic (exact) mass is 353 g/mol. The average Bonchev–Trinajstić information content (AvgIpc) is 3.04. The lowest BCUT2D eigenvalue weighted by molar-refractivity contribution is -0.142. The van der Waals surface area contributed by atoms with E-state index in [0.717, 1.165) is 29.8 Å². The molecule has 4 nitrogen and oxygen atoms in total. The maximum Gasteiger partial charge on any atom is 0.320 e. The molecule has 2 atom stereocenters. The maximum absolute atomic E-state index is 11.8. The summed E-state index contributed by atoms with van der Waals surface area (Å²) in [7, 11) is 0. The van der Waals surface area contributed by atoms with Crippen LogP contribution in [0.3, 0.4) is 0 Å². The third kappa shape index (κ3) is 3.91. The van der Waals surface area contributed by atoms with Gasteiger partial charge in [-0.2, -0.15) is 0 Å². The van der Waals surface area contributed by atoms with E-state index in [0.29, 0.717) is 13.0 Å².